The number of carboxylic acids is 1. The van der Waals surface area contributed by atoms with E-state index < -0.39 is 23.1 Å². The molecular weight excluding hydrogens is 213 g/mol. The van der Waals surface area contributed by atoms with E-state index in [0.29, 0.717) is 10.9 Å². The Hall–Kier alpha value is -2.17. The van der Waals surface area contributed by atoms with Crippen molar-refractivity contribution in [1.29, 1.82) is 0 Å². The van der Waals surface area contributed by atoms with Crippen molar-refractivity contribution in [3.63, 3.8) is 0 Å². The van der Waals surface area contributed by atoms with Gasteiger partial charge in [-0.25, -0.2) is 9.18 Å². The first-order chi connectivity index (χ1) is 7.50. The van der Waals surface area contributed by atoms with E-state index in [9.17, 15) is 14.0 Å². The fraction of sp³-hybridized carbons (Fsp3) is 0.0909. The van der Waals surface area contributed by atoms with Crippen LogP contribution in [-0.4, -0.2) is 21.4 Å². The number of ketones is 1. The van der Waals surface area contributed by atoms with Crippen molar-refractivity contribution in [2.45, 2.75) is 0 Å². The zero-order chi connectivity index (χ0) is 11.9. The van der Waals surface area contributed by atoms with Gasteiger partial charge < -0.3 is 9.67 Å². The molecule has 1 N–H and O–H groups in total. The Bertz CT molecular complexity index is 601. The smallest absolute Gasteiger partial charge is 0.377 e. The minimum atomic E-state index is -1.66. The number of aliphatic carboxylic acids is 1. The number of hydrogen-bond donors (Lipinski definition) is 1. The number of fused-ring (bicyclic) bond motifs is 1. The highest BCUT2D eigenvalue weighted by atomic mass is 19.1. The number of Topliss-reactive ketones (excluding diaryl/α,β-unsaturated/α-hetero) is 1. The lowest BCUT2D eigenvalue weighted by atomic mass is 10.1. The fourth-order valence-corrected chi connectivity index (χ4v) is 1.58. The van der Waals surface area contributed by atoms with Crippen LogP contribution in [0.5, 0.6) is 0 Å². The number of carbonyl (C=O) groups is 2. The number of halogens is 1. The summed E-state index contributed by atoms with van der Waals surface area (Å²) in [4.78, 5) is 21.7. The van der Waals surface area contributed by atoms with E-state index in [2.05, 4.69) is 0 Å². The molecule has 0 unspecified atom stereocenters. The van der Waals surface area contributed by atoms with Gasteiger partial charge in [-0.05, 0) is 18.2 Å². The van der Waals surface area contributed by atoms with E-state index in [-0.39, 0.29) is 0 Å². The van der Waals surface area contributed by atoms with Gasteiger partial charge in [-0.2, -0.15) is 0 Å². The SMILES string of the molecule is Cn1ccc2cc(F)c(C(=O)C(=O)O)cc21. The number of carbonyl (C=O) groups excluding carboxylic acids is 1. The molecule has 0 atom stereocenters. The number of rotatable bonds is 2. The Kier molecular flexibility index (Phi) is 2.23. The Labute approximate surface area is 89.9 Å². The second kappa shape index (κ2) is 3.44. The van der Waals surface area contributed by atoms with E-state index in [1.54, 1.807) is 23.9 Å². The van der Waals surface area contributed by atoms with Gasteiger partial charge >= 0.3 is 5.97 Å². The minimum absolute atomic E-state index is 0.415. The van der Waals surface area contributed by atoms with Crippen LogP contribution >= 0.6 is 0 Å². The lowest BCUT2D eigenvalue weighted by Gasteiger charge is -2.01. The standard InChI is InChI=1S/C11H8FNO3/c1-13-3-2-6-4-8(12)7(5-9(6)13)10(14)11(15)16/h2-5H,1H3,(H,15,16). The third-order valence-corrected chi connectivity index (χ3v) is 2.41. The Morgan fingerprint density at radius 2 is 2.06 bits per heavy atom. The van der Waals surface area contributed by atoms with Gasteiger partial charge in [0.1, 0.15) is 5.82 Å². The molecule has 82 valence electrons. The molecule has 1 heterocycles. The van der Waals surface area contributed by atoms with Gasteiger partial charge in [0.15, 0.2) is 0 Å². The van der Waals surface area contributed by atoms with Crippen LogP contribution in [0.15, 0.2) is 24.4 Å². The molecular formula is C11H8FNO3. The summed E-state index contributed by atoms with van der Waals surface area (Å²) in [6.07, 6.45) is 1.71. The third-order valence-electron chi connectivity index (χ3n) is 2.41. The Morgan fingerprint density at radius 1 is 1.38 bits per heavy atom. The van der Waals surface area contributed by atoms with Crippen molar-refractivity contribution in [2.75, 3.05) is 0 Å². The predicted octanol–water partition coefficient (Wildman–Crippen LogP) is 1.58. The molecule has 0 aliphatic carbocycles. The van der Waals surface area contributed by atoms with Crippen LogP contribution < -0.4 is 0 Å². The van der Waals surface area contributed by atoms with Crippen LogP contribution in [0.1, 0.15) is 10.4 Å². The number of carboxylic acid groups (broad SMARTS) is 1. The highest BCUT2D eigenvalue weighted by molar-refractivity contribution is 6.40. The third kappa shape index (κ3) is 1.46. The summed E-state index contributed by atoms with van der Waals surface area (Å²) in [5, 5.41) is 9.16. The summed E-state index contributed by atoms with van der Waals surface area (Å²) in [5.74, 6) is -3.71. The monoisotopic (exact) mass is 221 g/mol. The number of hydrogen-bond acceptors (Lipinski definition) is 2. The molecule has 0 aliphatic heterocycles. The number of benzene rings is 1. The zero-order valence-corrected chi connectivity index (χ0v) is 8.40. The molecule has 0 saturated carbocycles. The lowest BCUT2D eigenvalue weighted by Crippen LogP contribution is -2.14. The number of nitrogens with zero attached hydrogens (tertiary/aromatic N) is 1. The molecule has 2 rings (SSSR count). The first kappa shape index (κ1) is 10.4. The quantitative estimate of drug-likeness (QED) is 0.618. The molecule has 0 spiro atoms. The maximum Gasteiger partial charge on any atom is 0.377 e. The maximum absolute atomic E-state index is 13.4. The minimum Gasteiger partial charge on any atom is -0.475 e. The van der Waals surface area contributed by atoms with Crippen molar-refractivity contribution in [3.05, 3.63) is 35.8 Å². The molecule has 0 saturated heterocycles. The number of aryl methyl sites for hydroxylation is 1. The van der Waals surface area contributed by atoms with E-state index in [1.807, 2.05) is 0 Å². The van der Waals surface area contributed by atoms with Crippen molar-refractivity contribution < 1.29 is 19.1 Å². The average Bonchev–Trinajstić information content (AvgIpc) is 2.57. The molecule has 16 heavy (non-hydrogen) atoms. The van der Waals surface area contributed by atoms with Crippen molar-refractivity contribution in [1.82, 2.24) is 4.57 Å². The second-order valence-electron chi connectivity index (χ2n) is 3.45. The fourth-order valence-electron chi connectivity index (χ4n) is 1.58. The molecule has 0 radical (unpaired) electrons. The molecule has 0 bridgehead atoms. The molecule has 0 amide bonds. The average molecular weight is 221 g/mol. The molecule has 1 aromatic carbocycles. The predicted molar refractivity (Wildman–Crippen MR) is 54.8 cm³/mol. The summed E-state index contributed by atoms with van der Waals surface area (Å²) < 4.78 is 15.1. The molecule has 5 heteroatoms. The highest BCUT2D eigenvalue weighted by Crippen LogP contribution is 2.20. The summed E-state index contributed by atoms with van der Waals surface area (Å²) in [6.45, 7) is 0. The topological polar surface area (TPSA) is 59.3 Å². The molecule has 1 aromatic heterocycles. The lowest BCUT2D eigenvalue weighted by molar-refractivity contribution is -0.131. The van der Waals surface area contributed by atoms with Gasteiger partial charge in [0.25, 0.3) is 5.78 Å². The molecule has 2 aromatic rings. The van der Waals surface area contributed by atoms with Gasteiger partial charge in [0.2, 0.25) is 0 Å². The van der Waals surface area contributed by atoms with E-state index in [1.165, 1.54) is 6.07 Å². The van der Waals surface area contributed by atoms with Crippen LogP contribution in [0.25, 0.3) is 10.9 Å². The Morgan fingerprint density at radius 3 is 2.69 bits per heavy atom. The van der Waals surface area contributed by atoms with Gasteiger partial charge in [0, 0.05) is 24.1 Å². The highest BCUT2D eigenvalue weighted by Gasteiger charge is 2.20. The number of aromatic nitrogens is 1. The van der Waals surface area contributed by atoms with E-state index in [0.717, 1.165) is 6.07 Å². The molecule has 0 fully saturated rings. The van der Waals surface area contributed by atoms with Crippen molar-refractivity contribution >= 4 is 22.7 Å². The Balaban J connectivity index is 2.70. The first-order valence-corrected chi connectivity index (χ1v) is 4.53. The normalized spacial score (nSPS) is 10.6. The second-order valence-corrected chi connectivity index (χ2v) is 3.45. The van der Waals surface area contributed by atoms with Crippen LogP contribution in [0.3, 0.4) is 0 Å². The van der Waals surface area contributed by atoms with Crippen LogP contribution in [0, 0.1) is 5.82 Å². The first-order valence-electron chi connectivity index (χ1n) is 4.53. The van der Waals surface area contributed by atoms with Gasteiger partial charge in [-0.15, -0.1) is 0 Å². The summed E-state index contributed by atoms with van der Waals surface area (Å²) >= 11 is 0. The largest absolute Gasteiger partial charge is 0.475 e. The summed E-state index contributed by atoms with van der Waals surface area (Å²) in [6, 6.07) is 4.10. The van der Waals surface area contributed by atoms with Gasteiger partial charge in [0.05, 0.1) is 5.56 Å². The van der Waals surface area contributed by atoms with Crippen molar-refractivity contribution in [2.24, 2.45) is 7.05 Å². The van der Waals surface area contributed by atoms with Gasteiger partial charge in [-0.3, -0.25) is 4.79 Å². The van der Waals surface area contributed by atoms with Gasteiger partial charge in [-0.1, -0.05) is 0 Å². The van der Waals surface area contributed by atoms with Crippen molar-refractivity contribution in [3.8, 4) is 0 Å². The summed E-state index contributed by atoms with van der Waals surface area (Å²) in [5.41, 5.74) is 0.202. The van der Waals surface area contributed by atoms with Crippen LogP contribution in [0.2, 0.25) is 0 Å². The van der Waals surface area contributed by atoms with E-state index in [4.69, 9.17) is 5.11 Å². The zero-order valence-electron chi connectivity index (χ0n) is 8.40. The van der Waals surface area contributed by atoms with E-state index >= 15 is 0 Å². The summed E-state index contributed by atoms with van der Waals surface area (Å²) in [7, 11) is 1.73. The molecule has 4 nitrogen and oxygen atoms in total. The maximum atomic E-state index is 13.4. The van der Waals surface area contributed by atoms with Crippen LogP contribution in [-0.2, 0) is 11.8 Å². The van der Waals surface area contributed by atoms with Crippen LogP contribution in [0.4, 0.5) is 4.39 Å². The molecule has 0 aliphatic rings.